The van der Waals surface area contributed by atoms with Crippen LogP contribution in [0, 0.1) is 0 Å². The SMILES string of the molecule is CC(=O)NCCC1CCCCN1Cc1ccccc1-c1ccccc1. The summed E-state index contributed by atoms with van der Waals surface area (Å²) in [5, 5.41) is 2.95. The molecule has 1 unspecified atom stereocenters. The van der Waals surface area contributed by atoms with Crippen LogP contribution in [0.2, 0.25) is 0 Å². The minimum Gasteiger partial charge on any atom is -0.356 e. The summed E-state index contributed by atoms with van der Waals surface area (Å²) in [5.41, 5.74) is 4.00. The van der Waals surface area contributed by atoms with Gasteiger partial charge < -0.3 is 5.32 Å². The Bertz CT molecular complexity index is 683. The molecule has 132 valence electrons. The van der Waals surface area contributed by atoms with Gasteiger partial charge in [-0.25, -0.2) is 0 Å². The third-order valence-corrected chi connectivity index (χ3v) is 5.08. The number of piperidine rings is 1. The van der Waals surface area contributed by atoms with Gasteiger partial charge in [-0.05, 0) is 42.5 Å². The highest BCUT2D eigenvalue weighted by molar-refractivity contribution is 5.72. The van der Waals surface area contributed by atoms with Crippen molar-refractivity contribution in [2.24, 2.45) is 0 Å². The Labute approximate surface area is 151 Å². The lowest BCUT2D eigenvalue weighted by Gasteiger charge is -2.36. The van der Waals surface area contributed by atoms with Crippen LogP contribution in [0.3, 0.4) is 0 Å². The van der Waals surface area contributed by atoms with Gasteiger partial charge in [0.15, 0.2) is 0 Å². The minimum atomic E-state index is 0.0665. The zero-order chi connectivity index (χ0) is 17.5. The third kappa shape index (κ3) is 4.93. The fourth-order valence-corrected chi connectivity index (χ4v) is 3.79. The van der Waals surface area contributed by atoms with Crippen LogP contribution in [0.5, 0.6) is 0 Å². The minimum absolute atomic E-state index is 0.0665. The molecule has 0 saturated carbocycles. The lowest BCUT2D eigenvalue weighted by atomic mass is 9.95. The third-order valence-electron chi connectivity index (χ3n) is 5.08. The van der Waals surface area contributed by atoms with Gasteiger partial charge in [-0.2, -0.15) is 0 Å². The lowest BCUT2D eigenvalue weighted by molar-refractivity contribution is -0.119. The molecule has 3 rings (SSSR count). The number of likely N-dealkylation sites (tertiary alicyclic amines) is 1. The summed E-state index contributed by atoms with van der Waals surface area (Å²) in [6.45, 7) is 4.50. The Kier molecular flexibility index (Phi) is 6.24. The van der Waals surface area contributed by atoms with Crippen LogP contribution >= 0.6 is 0 Å². The smallest absolute Gasteiger partial charge is 0.216 e. The first kappa shape index (κ1) is 17.7. The Morgan fingerprint density at radius 2 is 1.84 bits per heavy atom. The maximum atomic E-state index is 11.1. The van der Waals surface area contributed by atoms with Gasteiger partial charge in [-0.15, -0.1) is 0 Å². The van der Waals surface area contributed by atoms with E-state index in [1.807, 2.05) is 0 Å². The highest BCUT2D eigenvalue weighted by Gasteiger charge is 2.23. The quantitative estimate of drug-likeness (QED) is 0.856. The van der Waals surface area contributed by atoms with Crippen molar-refractivity contribution < 1.29 is 4.79 Å². The molecule has 1 N–H and O–H groups in total. The molecule has 1 aliphatic rings. The number of carbonyl (C=O) groups excluding carboxylic acids is 1. The van der Waals surface area contributed by atoms with E-state index in [4.69, 9.17) is 0 Å². The van der Waals surface area contributed by atoms with Gasteiger partial charge in [0.05, 0.1) is 0 Å². The molecule has 0 aromatic heterocycles. The summed E-state index contributed by atoms with van der Waals surface area (Å²) in [7, 11) is 0. The summed E-state index contributed by atoms with van der Waals surface area (Å²) < 4.78 is 0. The molecular weight excluding hydrogens is 308 g/mol. The number of carbonyl (C=O) groups is 1. The summed E-state index contributed by atoms with van der Waals surface area (Å²) in [4.78, 5) is 13.7. The molecule has 1 amide bonds. The van der Waals surface area contributed by atoms with Crippen molar-refractivity contribution in [3.63, 3.8) is 0 Å². The van der Waals surface area contributed by atoms with E-state index in [0.717, 1.165) is 26.1 Å². The predicted octanol–water partition coefficient (Wildman–Crippen LogP) is 4.23. The highest BCUT2D eigenvalue weighted by Crippen LogP contribution is 2.27. The molecule has 0 radical (unpaired) electrons. The topological polar surface area (TPSA) is 32.3 Å². The first-order valence-corrected chi connectivity index (χ1v) is 9.36. The van der Waals surface area contributed by atoms with Crippen molar-refractivity contribution in [1.82, 2.24) is 10.2 Å². The molecule has 3 heteroatoms. The molecule has 3 nitrogen and oxygen atoms in total. The summed E-state index contributed by atoms with van der Waals surface area (Å²) in [5.74, 6) is 0.0665. The molecule has 1 heterocycles. The number of rotatable bonds is 6. The predicted molar refractivity (Wildman–Crippen MR) is 103 cm³/mol. The van der Waals surface area contributed by atoms with Crippen molar-refractivity contribution in [3.8, 4) is 11.1 Å². The van der Waals surface area contributed by atoms with Gasteiger partial charge in [0.25, 0.3) is 0 Å². The van der Waals surface area contributed by atoms with Crippen LogP contribution in [-0.2, 0) is 11.3 Å². The number of hydrogen-bond acceptors (Lipinski definition) is 2. The Morgan fingerprint density at radius 3 is 2.64 bits per heavy atom. The zero-order valence-corrected chi connectivity index (χ0v) is 15.1. The van der Waals surface area contributed by atoms with Gasteiger partial charge >= 0.3 is 0 Å². The lowest BCUT2D eigenvalue weighted by Crippen LogP contribution is -2.41. The van der Waals surface area contributed by atoms with E-state index >= 15 is 0 Å². The second kappa shape index (κ2) is 8.82. The van der Waals surface area contributed by atoms with Crippen LogP contribution in [0.4, 0.5) is 0 Å². The molecule has 25 heavy (non-hydrogen) atoms. The van der Waals surface area contributed by atoms with Gasteiger partial charge in [-0.3, -0.25) is 9.69 Å². The fraction of sp³-hybridized carbons (Fsp3) is 0.409. The van der Waals surface area contributed by atoms with Gasteiger partial charge in [-0.1, -0.05) is 61.0 Å². The summed E-state index contributed by atoms with van der Waals surface area (Å²) in [6.07, 6.45) is 4.83. The molecule has 0 spiro atoms. The Balaban J connectivity index is 1.73. The van der Waals surface area contributed by atoms with Crippen LogP contribution in [0.25, 0.3) is 11.1 Å². The maximum Gasteiger partial charge on any atom is 0.216 e. The normalized spacial score (nSPS) is 18.0. The molecule has 1 aliphatic heterocycles. The molecule has 1 saturated heterocycles. The zero-order valence-electron chi connectivity index (χ0n) is 15.1. The molecule has 2 aromatic rings. The number of amides is 1. The molecular formula is C22H28N2O. The number of nitrogens with one attached hydrogen (secondary N) is 1. The van der Waals surface area contributed by atoms with E-state index in [-0.39, 0.29) is 5.91 Å². The summed E-state index contributed by atoms with van der Waals surface area (Å²) >= 11 is 0. The van der Waals surface area contributed by atoms with E-state index in [2.05, 4.69) is 64.8 Å². The highest BCUT2D eigenvalue weighted by atomic mass is 16.1. The Hall–Kier alpha value is -2.13. The van der Waals surface area contributed by atoms with Crippen molar-refractivity contribution in [1.29, 1.82) is 0 Å². The van der Waals surface area contributed by atoms with Gasteiger partial charge in [0.1, 0.15) is 0 Å². The average molecular weight is 336 g/mol. The maximum absolute atomic E-state index is 11.1. The van der Waals surface area contributed by atoms with E-state index in [9.17, 15) is 4.79 Å². The average Bonchev–Trinajstić information content (AvgIpc) is 2.64. The van der Waals surface area contributed by atoms with Crippen LogP contribution in [0.1, 0.15) is 38.2 Å². The fourth-order valence-electron chi connectivity index (χ4n) is 3.79. The van der Waals surface area contributed by atoms with Crippen molar-refractivity contribution in [2.75, 3.05) is 13.1 Å². The number of hydrogen-bond donors (Lipinski definition) is 1. The molecule has 1 atom stereocenters. The second-order valence-electron chi connectivity index (χ2n) is 6.91. The molecule has 2 aromatic carbocycles. The monoisotopic (exact) mass is 336 g/mol. The van der Waals surface area contributed by atoms with E-state index < -0.39 is 0 Å². The number of nitrogens with zero attached hydrogens (tertiary/aromatic N) is 1. The largest absolute Gasteiger partial charge is 0.356 e. The van der Waals surface area contributed by atoms with E-state index in [1.165, 1.54) is 36.0 Å². The molecule has 0 aliphatic carbocycles. The molecule has 0 bridgehead atoms. The van der Waals surface area contributed by atoms with Crippen LogP contribution < -0.4 is 5.32 Å². The van der Waals surface area contributed by atoms with Crippen molar-refractivity contribution >= 4 is 5.91 Å². The first-order chi connectivity index (χ1) is 12.2. The van der Waals surface area contributed by atoms with Crippen LogP contribution in [0.15, 0.2) is 54.6 Å². The second-order valence-corrected chi connectivity index (χ2v) is 6.91. The van der Waals surface area contributed by atoms with E-state index in [1.54, 1.807) is 6.92 Å². The van der Waals surface area contributed by atoms with Crippen molar-refractivity contribution in [2.45, 2.75) is 45.2 Å². The van der Waals surface area contributed by atoms with Gasteiger partial charge in [0, 0.05) is 26.1 Å². The number of benzene rings is 2. The standard InChI is InChI=1S/C22H28N2O/c1-18(25)23-15-14-21-12-7-8-16-24(21)17-20-11-5-6-13-22(20)19-9-3-2-4-10-19/h2-6,9-11,13,21H,7-8,12,14-17H2,1H3,(H,23,25). The van der Waals surface area contributed by atoms with Gasteiger partial charge in [0.2, 0.25) is 5.91 Å². The van der Waals surface area contributed by atoms with Crippen molar-refractivity contribution in [3.05, 3.63) is 60.2 Å². The van der Waals surface area contributed by atoms with Crippen LogP contribution in [-0.4, -0.2) is 29.9 Å². The van der Waals surface area contributed by atoms with E-state index in [0.29, 0.717) is 6.04 Å². The first-order valence-electron chi connectivity index (χ1n) is 9.36. The summed E-state index contributed by atoms with van der Waals surface area (Å²) in [6, 6.07) is 19.9. The Morgan fingerprint density at radius 1 is 1.08 bits per heavy atom. The molecule has 1 fully saturated rings.